The van der Waals surface area contributed by atoms with Crippen molar-refractivity contribution in [3.8, 4) is 0 Å². The Hall–Kier alpha value is -3.60. The summed E-state index contributed by atoms with van der Waals surface area (Å²) in [7, 11) is 0. The largest absolute Gasteiger partial charge is 0.392 e. The maximum absolute atomic E-state index is 12.9. The van der Waals surface area contributed by atoms with Crippen molar-refractivity contribution < 1.29 is 29.3 Å². The summed E-state index contributed by atoms with van der Waals surface area (Å²) in [5.41, 5.74) is 4.09. The lowest BCUT2D eigenvalue weighted by Gasteiger charge is -2.38. The Balaban J connectivity index is 1.28. The molecule has 222 valence electrons. The number of β-amino-alcohol motifs (C(OH)–C–C–N with tert-alkyl or cyclic N) is 1. The van der Waals surface area contributed by atoms with E-state index in [2.05, 4.69) is 15.5 Å². The summed E-state index contributed by atoms with van der Waals surface area (Å²) in [4.78, 5) is 27.3. The highest BCUT2D eigenvalue weighted by Gasteiger charge is 2.34. The molecule has 0 spiro atoms. The molecule has 5 unspecified atom stereocenters. The van der Waals surface area contributed by atoms with Gasteiger partial charge in [0.1, 0.15) is 0 Å². The molecular weight excluding hydrogens is 534 g/mol. The standard InChI is InChI=1S/C33H39N3O6/c1-22(38)30(16-23-6-3-2-4-7-23)35-33(40)34-27-9-5-8-26(17-27)32-41-29(20-36-15-14-28(39)19-36)18-31(42-32)25-12-10-24(21-37)11-13-25/h2-13,17,28-32,37,39H,14-16,18-21H2,1H3,(H2,34,35,40). The number of hydrogen-bond acceptors (Lipinski definition) is 7. The lowest BCUT2D eigenvalue weighted by Crippen LogP contribution is -2.43. The van der Waals surface area contributed by atoms with Crippen LogP contribution in [0.4, 0.5) is 10.5 Å². The lowest BCUT2D eigenvalue weighted by molar-refractivity contribution is -0.252. The number of nitrogens with zero attached hydrogens (tertiary/aromatic N) is 1. The van der Waals surface area contributed by atoms with Crippen molar-refractivity contribution in [1.82, 2.24) is 10.2 Å². The number of likely N-dealkylation sites (tertiary alicyclic amines) is 1. The van der Waals surface area contributed by atoms with Gasteiger partial charge in [0.2, 0.25) is 0 Å². The van der Waals surface area contributed by atoms with E-state index in [1.165, 1.54) is 6.92 Å². The lowest BCUT2D eigenvalue weighted by atomic mass is 9.99. The summed E-state index contributed by atoms with van der Waals surface area (Å²) in [6, 6.07) is 23.5. The quantitative estimate of drug-likeness (QED) is 0.288. The molecule has 3 aromatic rings. The SMILES string of the molecule is CC(=O)C(Cc1ccccc1)NC(=O)Nc1cccc(C2OC(CN3CCC(O)C3)CC(c3ccc(CO)cc3)O2)c1. The van der Waals surface area contributed by atoms with Gasteiger partial charge >= 0.3 is 6.03 Å². The van der Waals surface area contributed by atoms with Crippen LogP contribution in [0.3, 0.4) is 0 Å². The number of aliphatic hydroxyl groups excluding tert-OH is 2. The number of carbonyl (C=O) groups is 2. The van der Waals surface area contributed by atoms with Crippen molar-refractivity contribution in [2.45, 2.75) is 63.4 Å². The van der Waals surface area contributed by atoms with Crippen molar-refractivity contribution in [1.29, 1.82) is 0 Å². The normalized spacial score (nSPS) is 23.3. The van der Waals surface area contributed by atoms with Crippen molar-refractivity contribution >= 4 is 17.5 Å². The number of amides is 2. The van der Waals surface area contributed by atoms with Crippen LogP contribution in [0.1, 0.15) is 54.4 Å². The van der Waals surface area contributed by atoms with Crippen LogP contribution in [0.25, 0.3) is 0 Å². The van der Waals surface area contributed by atoms with Crippen LogP contribution in [0.15, 0.2) is 78.9 Å². The second-order valence-corrected chi connectivity index (χ2v) is 11.1. The molecule has 2 aliphatic rings. The molecule has 0 radical (unpaired) electrons. The van der Waals surface area contributed by atoms with Crippen LogP contribution >= 0.6 is 0 Å². The minimum atomic E-state index is -0.674. The molecule has 9 nitrogen and oxygen atoms in total. The van der Waals surface area contributed by atoms with E-state index in [0.717, 1.165) is 35.2 Å². The van der Waals surface area contributed by atoms with Gasteiger partial charge in [0.15, 0.2) is 12.1 Å². The number of benzene rings is 3. The number of nitrogens with one attached hydrogen (secondary N) is 2. The smallest absolute Gasteiger partial charge is 0.319 e. The maximum atomic E-state index is 12.9. The van der Waals surface area contributed by atoms with E-state index in [1.54, 1.807) is 6.07 Å². The summed E-state index contributed by atoms with van der Waals surface area (Å²) in [5.74, 6) is -0.124. The first-order valence-corrected chi connectivity index (χ1v) is 14.5. The predicted molar refractivity (Wildman–Crippen MR) is 159 cm³/mol. The molecule has 42 heavy (non-hydrogen) atoms. The minimum Gasteiger partial charge on any atom is -0.392 e. The molecule has 0 aliphatic carbocycles. The Morgan fingerprint density at radius 3 is 2.45 bits per heavy atom. The van der Waals surface area contributed by atoms with E-state index in [-0.39, 0.29) is 30.7 Å². The van der Waals surface area contributed by atoms with Crippen LogP contribution in [-0.4, -0.2) is 64.8 Å². The molecule has 2 saturated heterocycles. The van der Waals surface area contributed by atoms with Gasteiger partial charge in [-0.15, -0.1) is 0 Å². The topological polar surface area (TPSA) is 120 Å². The fourth-order valence-corrected chi connectivity index (χ4v) is 5.53. The van der Waals surface area contributed by atoms with E-state index in [1.807, 2.05) is 72.8 Å². The van der Waals surface area contributed by atoms with Gasteiger partial charge in [-0.05, 0) is 48.6 Å². The van der Waals surface area contributed by atoms with Crippen molar-refractivity contribution in [2.24, 2.45) is 0 Å². The molecule has 2 heterocycles. The molecule has 2 aliphatic heterocycles. The average molecular weight is 574 g/mol. The third-order valence-corrected chi connectivity index (χ3v) is 7.82. The molecule has 5 atom stereocenters. The van der Waals surface area contributed by atoms with Crippen molar-refractivity contribution in [2.75, 3.05) is 25.0 Å². The minimum absolute atomic E-state index is 0.0236. The Kier molecular flexibility index (Phi) is 9.99. The molecule has 0 bridgehead atoms. The number of ketones is 1. The number of carbonyl (C=O) groups excluding carboxylic acids is 2. The number of anilines is 1. The number of Topliss-reactive ketones (excluding diaryl/α,β-unsaturated/α-hetero) is 1. The zero-order chi connectivity index (χ0) is 29.5. The van der Waals surface area contributed by atoms with Crippen molar-refractivity contribution in [3.63, 3.8) is 0 Å². The van der Waals surface area contributed by atoms with Gasteiger partial charge < -0.3 is 30.3 Å². The zero-order valence-corrected chi connectivity index (χ0v) is 23.8. The fraction of sp³-hybridized carbons (Fsp3) is 0.394. The monoisotopic (exact) mass is 573 g/mol. The second-order valence-electron chi connectivity index (χ2n) is 11.1. The highest BCUT2D eigenvalue weighted by atomic mass is 16.7. The van der Waals surface area contributed by atoms with Gasteiger partial charge in [0, 0.05) is 37.3 Å². The Bertz CT molecular complexity index is 1340. The first kappa shape index (κ1) is 29.9. The molecule has 2 amide bonds. The first-order chi connectivity index (χ1) is 20.4. The predicted octanol–water partition coefficient (Wildman–Crippen LogP) is 4.11. The van der Waals surface area contributed by atoms with Gasteiger partial charge in [-0.2, -0.15) is 0 Å². The molecule has 0 aromatic heterocycles. The van der Waals surface area contributed by atoms with Crippen LogP contribution in [0.5, 0.6) is 0 Å². The van der Waals surface area contributed by atoms with E-state index >= 15 is 0 Å². The Morgan fingerprint density at radius 1 is 0.976 bits per heavy atom. The molecule has 4 N–H and O–H groups in total. The summed E-state index contributed by atoms with van der Waals surface area (Å²) in [6.07, 6.45) is 0.455. The zero-order valence-electron chi connectivity index (χ0n) is 23.8. The van der Waals surface area contributed by atoms with Crippen molar-refractivity contribution in [3.05, 3.63) is 101 Å². The average Bonchev–Trinajstić information content (AvgIpc) is 3.41. The Morgan fingerprint density at radius 2 is 1.76 bits per heavy atom. The molecule has 2 fully saturated rings. The summed E-state index contributed by atoms with van der Waals surface area (Å²) in [5, 5.41) is 25.1. The highest BCUT2D eigenvalue weighted by Crippen LogP contribution is 2.39. The second kappa shape index (κ2) is 14.0. The number of hydrogen-bond donors (Lipinski definition) is 4. The highest BCUT2D eigenvalue weighted by molar-refractivity contribution is 5.93. The van der Waals surface area contributed by atoms with Gasteiger partial charge in [0.05, 0.1) is 31.0 Å². The summed E-state index contributed by atoms with van der Waals surface area (Å²) >= 11 is 0. The molecule has 0 saturated carbocycles. The van der Waals surface area contributed by atoms with Gasteiger partial charge in [-0.25, -0.2) is 4.79 Å². The van der Waals surface area contributed by atoms with Crippen LogP contribution < -0.4 is 10.6 Å². The molecular formula is C33H39N3O6. The summed E-state index contributed by atoms with van der Waals surface area (Å²) in [6.45, 7) is 3.57. The number of aliphatic hydroxyl groups is 2. The van der Waals surface area contributed by atoms with E-state index in [0.29, 0.717) is 31.6 Å². The summed E-state index contributed by atoms with van der Waals surface area (Å²) < 4.78 is 12.9. The van der Waals surface area contributed by atoms with Crippen LogP contribution in [0.2, 0.25) is 0 Å². The third-order valence-electron chi connectivity index (χ3n) is 7.82. The van der Waals surface area contributed by atoms with Gasteiger partial charge in [-0.1, -0.05) is 66.7 Å². The first-order valence-electron chi connectivity index (χ1n) is 14.5. The van der Waals surface area contributed by atoms with Crippen LogP contribution in [0, 0.1) is 0 Å². The molecule has 5 rings (SSSR count). The number of rotatable bonds is 10. The number of urea groups is 1. The van der Waals surface area contributed by atoms with Gasteiger partial charge in [0.25, 0.3) is 0 Å². The molecule has 3 aromatic carbocycles. The van der Waals surface area contributed by atoms with E-state index < -0.39 is 18.4 Å². The van der Waals surface area contributed by atoms with Crippen LogP contribution in [-0.2, 0) is 27.3 Å². The third kappa shape index (κ3) is 8.02. The van der Waals surface area contributed by atoms with Gasteiger partial charge in [-0.3, -0.25) is 9.69 Å². The van der Waals surface area contributed by atoms with E-state index in [9.17, 15) is 19.8 Å². The Labute approximate surface area is 246 Å². The fourth-order valence-electron chi connectivity index (χ4n) is 5.53. The van der Waals surface area contributed by atoms with E-state index in [4.69, 9.17) is 9.47 Å². The maximum Gasteiger partial charge on any atom is 0.319 e. The number of ether oxygens (including phenoxy) is 2. The molecule has 9 heteroatoms.